The largest absolute Gasteiger partial charge is 0.493 e. The van der Waals surface area contributed by atoms with Gasteiger partial charge in [-0.2, -0.15) is 13.2 Å². The molecule has 2 unspecified atom stereocenters. The van der Waals surface area contributed by atoms with E-state index in [0.29, 0.717) is 29.6 Å². The van der Waals surface area contributed by atoms with Crippen LogP contribution in [0.2, 0.25) is 0 Å². The van der Waals surface area contributed by atoms with Crippen LogP contribution < -0.4 is 10.1 Å². The predicted molar refractivity (Wildman–Crippen MR) is 121 cm³/mol. The summed E-state index contributed by atoms with van der Waals surface area (Å²) in [5.41, 5.74) is 0.0135. The second-order valence-electron chi connectivity index (χ2n) is 9.52. The Bertz CT molecular complexity index is 927. The number of anilines is 1. The van der Waals surface area contributed by atoms with Crippen LogP contribution in [0.3, 0.4) is 0 Å². The quantitative estimate of drug-likeness (QED) is 0.480. The summed E-state index contributed by atoms with van der Waals surface area (Å²) in [4.78, 5) is 8.41. The second kappa shape index (κ2) is 10.3. The maximum Gasteiger partial charge on any atom is 0.419 e. The number of alkyl halides is 3. The minimum atomic E-state index is -4.52. The Kier molecular flexibility index (Phi) is 7.41. The molecule has 0 radical (unpaired) electrons. The first-order valence-electron chi connectivity index (χ1n) is 11.8. The predicted octanol–water partition coefficient (Wildman–Crippen LogP) is 6.20. The summed E-state index contributed by atoms with van der Waals surface area (Å²) in [5.74, 6) is 2.00. The van der Waals surface area contributed by atoms with E-state index in [0.717, 1.165) is 37.9 Å². The van der Waals surface area contributed by atoms with Gasteiger partial charge in [0.15, 0.2) is 0 Å². The van der Waals surface area contributed by atoms with Crippen LogP contribution in [0.25, 0.3) is 11.3 Å². The van der Waals surface area contributed by atoms with Gasteiger partial charge in [-0.05, 0) is 68.1 Å². The molecule has 2 aromatic rings. The minimum Gasteiger partial charge on any atom is -0.493 e. The number of nitrogens with zero attached hydrogens (tertiary/aromatic N) is 2. The number of rotatable bonds is 9. The highest BCUT2D eigenvalue weighted by Gasteiger charge is 2.35. The highest BCUT2D eigenvalue weighted by atomic mass is 19.4. The molecular weight excluding hydrogens is 431 g/mol. The molecule has 1 saturated carbocycles. The third kappa shape index (κ3) is 6.59. The van der Waals surface area contributed by atoms with Crippen molar-refractivity contribution in [3.63, 3.8) is 0 Å². The Morgan fingerprint density at radius 1 is 1.15 bits per heavy atom. The zero-order valence-corrected chi connectivity index (χ0v) is 19.2. The highest BCUT2D eigenvalue weighted by molar-refractivity contribution is 5.65. The molecule has 0 amide bonds. The summed E-state index contributed by atoms with van der Waals surface area (Å²) < 4.78 is 52.7. The van der Waals surface area contributed by atoms with Gasteiger partial charge in [0.2, 0.25) is 0 Å². The van der Waals surface area contributed by atoms with E-state index in [1.54, 1.807) is 12.1 Å². The molecule has 5 nitrogen and oxygen atoms in total. The third-order valence-corrected chi connectivity index (χ3v) is 6.48. The van der Waals surface area contributed by atoms with Crippen molar-refractivity contribution in [1.29, 1.82) is 0 Å². The summed E-state index contributed by atoms with van der Waals surface area (Å²) in [6.07, 6.45) is 2.26. The molecule has 1 aromatic heterocycles. The third-order valence-electron chi connectivity index (χ3n) is 6.48. The minimum absolute atomic E-state index is 0.132. The first kappa shape index (κ1) is 23.8. The fourth-order valence-electron chi connectivity index (χ4n) is 4.49. The summed E-state index contributed by atoms with van der Waals surface area (Å²) >= 11 is 0. The molecule has 0 spiro atoms. The molecule has 0 bridgehead atoms. The maximum atomic E-state index is 13.8. The van der Waals surface area contributed by atoms with Gasteiger partial charge in [-0.3, -0.25) is 0 Å². The fraction of sp³-hybridized carbons (Fsp3) is 0.600. The van der Waals surface area contributed by atoms with Crippen LogP contribution in [0.1, 0.15) is 51.5 Å². The molecule has 1 aliphatic carbocycles. The van der Waals surface area contributed by atoms with Crippen LogP contribution in [0.5, 0.6) is 5.75 Å². The Labute approximate surface area is 193 Å². The monoisotopic (exact) mass is 463 g/mol. The van der Waals surface area contributed by atoms with E-state index < -0.39 is 11.7 Å². The summed E-state index contributed by atoms with van der Waals surface area (Å²) in [6, 6.07) is 5.94. The van der Waals surface area contributed by atoms with E-state index in [1.807, 2.05) is 6.92 Å². The molecule has 33 heavy (non-hydrogen) atoms. The molecular formula is C25H32F3N3O2. The first-order chi connectivity index (χ1) is 15.8. The smallest absolute Gasteiger partial charge is 0.419 e. The normalized spacial score (nSPS) is 20.8. The van der Waals surface area contributed by atoms with Crippen molar-refractivity contribution in [1.82, 2.24) is 9.97 Å². The summed E-state index contributed by atoms with van der Waals surface area (Å²) in [6.45, 7) is 5.86. The molecule has 180 valence electrons. The zero-order chi connectivity index (χ0) is 23.4. The van der Waals surface area contributed by atoms with Crippen LogP contribution in [0.4, 0.5) is 19.0 Å². The number of hydrogen-bond acceptors (Lipinski definition) is 5. The van der Waals surface area contributed by atoms with E-state index in [1.165, 1.54) is 25.2 Å². The summed E-state index contributed by atoms with van der Waals surface area (Å²) in [5, 5.41) is 3.28. The number of ether oxygens (including phenoxy) is 2. The Hall–Kier alpha value is -2.35. The highest BCUT2D eigenvalue weighted by Crippen LogP contribution is 2.41. The van der Waals surface area contributed by atoms with Gasteiger partial charge in [-0.15, -0.1) is 0 Å². The van der Waals surface area contributed by atoms with E-state index >= 15 is 0 Å². The molecule has 1 aromatic carbocycles. The van der Waals surface area contributed by atoms with Gasteiger partial charge in [0.25, 0.3) is 0 Å². The van der Waals surface area contributed by atoms with Gasteiger partial charge in [0, 0.05) is 18.2 Å². The van der Waals surface area contributed by atoms with Gasteiger partial charge in [-0.25, -0.2) is 9.97 Å². The van der Waals surface area contributed by atoms with Gasteiger partial charge < -0.3 is 14.8 Å². The van der Waals surface area contributed by atoms with E-state index in [-0.39, 0.29) is 24.3 Å². The molecule has 4 rings (SSSR count). The molecule has 2 aliphatic rings. The number of aromatic nitrogens is 2. The lowest BCUT2D eigenvalue weighted by molar-refractivity contribution is -0.139. The standard InChI is InChI=1S/C25H32F3N3O2/c1-16(10-17(2)18-5-6-18)13-33-23-8-7-19(11-21(23)25(26,27)28)22-12-24(30-15-29-22)31-20-4-3-9-32-14-20/h7-8,11-12,15-18,20H,3-6,9-10,13-14H2,1-2H3,(H,29,30,31)/t16-,17?,20?/m1/s1. The number of halogens is 3. The molecule has 1 N–H and O–H groups in total. The van der Waals surface area contributed by atoms with E-state index in [9.17, 15) is 13.2 Å². The van der Waals surface area contributed by atoms with Crippen molar-refractivity contribution in [2.45, 2.75) is 58.2 Å². The SMILES string of the molecule is CC(C[C@@H](C)COc1ccc(-c2cc(NC3CCCOC3)ncn2)cc1C(F)(F)F)C1CC1. The fourth-order valence-corrected chi connectivity index (χ4v) is 4.49. The lowest BCUT2D eigenvalue weighted by atomic mass is 9.94. The van der Waals surface area contributed by atoms with E-state index in [2.05, 4.69) is 22.2 Å². The van der Waals surface area contributed by atoms with Crippen molar-refractivity contribution in [2.24, 2.45) is 17.8 Å². The van der Waals surface area contributed by atoms with Gasteiger partial charge in [0.1, 0.15) is 17.9 Å². The van der Waals surface area contributed by atoms with Gasteiger partial charge in [0.05, 0.1) is 30.5 Å². The van der Waals surface area contributed by atoms with Crippen LogP contribution in [0.15, 0.2) is 30.6 Å². The van der Waals surface area contributed by atoms with Crippen molar-refractivity contribution in [3.05, 3.63) is 36.2 Å². The van der Waals surface area contributed by atoms with Crippen LogP contribution in [0, 0.1) is 17.8 Å². The average Bonchev–Trinajstić information content (AvgIpc) is 3.63. The van der Waals surface area contributed by atoms with Crippen LogP contribution in [-0.2, 0) is 10.9 Å². The molecule has 2 heterocycles. The van der Waals surface area contributed by atoms with Crippen molar-refractivity contribution in [2.75, 3.05) is 25.1 Å². The molecule has 2 fully saturated rings. The van der Waals surface area contributed by atoms with Crippen molar-refractivity contribution < 1.29 is 22.6 Å². The topological polar surface area (TPSA) is 56.3 Å². The molecule has 1 aliphatic heterocycles. The van der Waals surface area contributed by atoms with Gasteiger partial charge in [-0.1, -0.05) is 13.8 Å². The maximum absolute atomic E-state index is 13.8. The lowest BCUT2D eigenvalue weighted by Gasteiger charge is -2.23. The van der Waals surface area contributed by atoms with Crippen molar-refractivity contribution >= 4 is 5.82 Å². The molecule has 3 atom stereocenters. The molecule has 1 saturated heterocycles. The first-order valence-corrected chi connectivity index (χ1v) is 11.8. The number of hydrogen-bond donors (Lipinski definition) is 1. The molecule has 8 heteroatoms. The Balaban J connectivity index is 1.47. The van der Waals surface area contributed by atoms with Crippen LogP contribution >= 0.6 is 0 Å². The lowest BCUT2D eigenvalue weighted by Crippen LogP contribution is -2.30. The van der Waals surface area contributed by atoms with E-state index in [4.69, 9.17) is 9.47 Å². The Morgan fingerprint density at radius 3 is 2.67 bits per heavy atom. The second-order valence-corrected chi connectivity index (χ2v) is 9.52. The summed E-state index contributed by atoms with van der Waals surface area (Å²) in [7, 11) is 0. The zero-order valence-electron chi connectivity index (χ0n) is 19.2. The van der Waals surface area contributed by atoms with Gasteiger partial charge >= 0.3 is 6.18 Å². The number of benzene rings is 1. The van der Waals surface area contributed by atoms with Crippen molar-refractivity contribution in [3.8, 4) is 17.0 Å². The average molecular weight is 464 g/mol. The number of nitrogens with one attached hydrogen (secondary N) is 1. The Morgan fingerprint density at radius 2 is 1.97 bits per heavy atom. The van der Waals surface area contributed by atoms with Crippen LogP contribution in [-0.4, -0.2) is 35.8 Å².